The van der Waals surface area contributed by atoms with Crippen LogP contribution in [0.15, 0.2) is 88.7 Å². The predicted octanol–water partition coefficient (Wildman–Crippen LogP) is 4.53. The Kier molecular flexibility index (Phi) is 8.11. The predicted molar refractivity (Wildman–Crippen MR) is 167 cm³/mol. The maximum Gasteiger partial charge on any atom is 0.338 e. The largest absolute Gasteiger partial charge is 0.497 e. The lowest BCUT2D eigenvalue weighted by molar-refractivity contribution is -0.122. The zero-order valence-corrected chi connectivity index (χ0v) is 25.4. The Labute approximate surface area is 260 Å². The Morgan fingerprint density at radius 2 is 1.61 bits per heavy atom. The fourth-order valence-electron chi connectivity index (χ4n) is 5.51. The summed E-state index contributed by atoms with van der Waals surface area (Å²) in [6, 6.07) is 22.3. The number of nitrogens with zero attached hydrogens (tertiary/aromatic N) is 2. The molecule has 0 aliphatic carbocycles. The Hall–Kier alpha value is -4.68. The van der Waals surface area contributed by atoms with Crippen molar-refractivity contribution in [2.45, 2.75) is 29.7 Å². The first-order valence-electron chi connectivity index (χ1n) is 13.8. The topological polar surface area (TPSA) is 124 Å². The number of rotatable bonds is 8. The number of nitrogens with one attached hydrogen (secondary N) is 1. The van der Waals surface area contributed by atoms with E-state index >= 15 is 0 Å². The molecule has 3 amide bonds. The summed E-state index contributed by atoms with van der Waals surface area (Å²) in [5, 5.41) is 2.47. The zero-order valence-electron chi connectivity index (χ0n) is 23.7. The molecule has 224 valence electrons. The molecular weight excluding hydrogens is 603 g/mol. The van der Waals surface area contributed by atoms with E-state index in [0.717, 1.165) is 33.6 Å². The maximum atomic E-state index is 14.0. The van der Waals surface area contributed by atoms with Gasteiger partial charge in [-0.15, -0.1) is 0 Å². The molecular formula is C32H27N3O7S2. The van der Waals surface area contributed by atoms with Crippen LogP contribution in [0.2, 0.25) is 0 Å². The maximum absolute atomic E-state index is 14.0. The summed E-state index contributed by atoms with van der Waals surface area (Å²) in [6.07, 6.45) is 0. The number of thiazole rings is 1. The van der Waals surface area contributed by atoms with E-state index in [4.69, 9.17) is 9.47 Å². The van der Waals surface area contributed by atoms with Gasteiger partial charge in [-0.2, -0.15) is 0 Å². The molecule has 1 N–H and O–H groups in total. The van der Waals surface area contributed by atoms with Crippen LogP contribution in [-0.4, -0.2) is 47.2 Å². The summed E-state index contributed by atoms with van der Waals surface area (Å²) in [4.78, 5) is 67.9. The van der Waals surface area contributed by atoms with Gasteiger partial charge >= 0.3 is 10.8 Å². The van der Waals surface area contributed by atoms with Crippen LogP contribution in [0.5, 0.6) is 5.75 Å². The van der Waals surface area contributed by atoms with Gasteiger partial charge in [0.2, 0.25) is 17.7 Å². The van der Waals surface area contributed by atoms with Crippen molar-refractivity contribution < 1.29 is 28.7 Å². The third-order valence-corrected chi connectivity index (χ3v) is 10.1. The molecule has 3 heterocycles. The molecule has 1 fully saturated rings. The van der Waals surface area contributed by atoms with Crippen molar-refractivity contribution in [2.24, 2.45) is 5.92 Å². The van der Waals surface area contributed by atoms with E-state index in [-0.39, 0.29) is 23.9 Å². The molecule has 1 saturated heterocycles. The van der Waals surface area contributed by atoms with E-state index in [2.05, 4.69) is 5.32 Å². The van der Waals surface area contributed by atoms with Crippen molar-refractivity contribution in [1.29, 1.82) is 0 Å². The number of anilines is 2. The monoisotopic (exact) mass is 629 g/mol. The van der Waals surface area contributed by atoms with Gasteiger partial charge in [-0.25, -0.2) is 9.69 Å². The molecule has 2 aliphatic heterocycles. The van der Waals surface area contributed by atoms with Gasteiger partial charge in [0.1, 0.15) is 17.5 Å². The van der Waals surface area contributed by atoms with Crippen molar-refractivity contribution in [2.75, 3.05) is 23.9 Å². The van der Waals surface area contributed by atoms with Gasteiger partial charge in [0.25, 0.3) is 0 Å². The van der Waals surface area contributed by atoms with Crippen LogP contribution in [0.1, 0.15) is 33.6 Å². The lowest BCUT2D eigenvalue weighted by Crippen LogP contribution is -2.33. The first-order chi connectivity index (χ1) is 21.3. The van der Waals surface area contributed by atoms with Crippen molar-refractivity contribution in [3.8, 4) is 5.75 Å². The molecule has 3 aromatic carbocycles. The number of imide groups is 1. The van der Waals surface area contributed by atoms with Crippen LogP contribution in [0.3, 0.4) is 0 Å². The van der Waals surface area contributed by atoms with Crippen LogP contribution >= 0.6 is 23.1 Å². The van der Waals surface area contributed by atoms with Crippen LogP contribution in [0, 0.1) is 5.92 Å². The molecule has 10 nitrogen and oxygen atoms in total. The lowest BCUT2D eigenvalue weighted by Gasteiger charge is -2.30. The van der Waals surface area contributed by atoms with Crippen molar-refractivity contribution in [3.63, 3.8) is 0 Å². The number of methoxy groups -OCH3 is 1. The Balaban J connectivity index is 1.34. The molecule has 0 bridgehead atoms. The fourth-order valence-corrected chi connectivity index (χ4v) is 8.28. The van der Waals surface area contributed by atoms with Crippen molar-refractivity contribution in [3.05, 3.63) is 105 Å². The van der Waals surface area contributed by atoms with Crippen LogP contribution < -0.4 is 19.8 Å². The third-order valence-electron chi connectivity index (χ3n) is 7.52. The van der Waals surface area contributed by atoms with E-state index in [0.29, 0.717) is 32.6 Å². The fraction of sp³-hybridized carbons (Fsp3) is 0.219. The molecule has 2 unspecified atom stereocenters. The number of amides is 3. The van der Waals surface area contributed by atoms with Gasteiger partial charge in [-0.1, -0.05) is 53.4 Å². The minimum Gasteiger partial charge on any atom is -0.497 e. The highest BCUT2D eigenvalue weighted by Gasteiger charge is 2.56. The highest BCUT2D eigenvalue weighted by atomic mass is 32.2. The molecule has 12 heteroatoms. The minimum absolute atomic E-state index is 0.226. The summed E-state index contributed by atoms with van der Waals surface area (Å²) in [5.74, 6) is -2.41. The van der Waals surface area contributed by atoms with Gasteiger partial charge in [0.05, 0.1) is 35.9 Å². The van der Waals surface area contributed by atoms with Crippen LogP contribution in [-0.2, 0) is 25.7 Å². The SMILES string of the molecule is CCOC(=O)c1ccc(N2C(=O)C3Sc4c(sc(=O)n4CC(=O)Nc4ccc(OC)cc4)[C@H](c4ccccc4)C3C2=O)cc1. The number of thioether (sulfide) groups is 1. The molecule has 3 atom stereocenters. The highest BCUT2D eigenvalue weighted by molar-refractivity contribution is 8.00. The first-order valence-corrected chi connectivity index (χ1v) is 15.5. The zero-order chi connectivity index (χ0) is 31.0. The number of ether oxygens (including phenoxy) is 2. The van der Waals surface area contributed by atoms with Crippen molar-refractivity contribution in [1.82, 2.24) is 4.57 Å². The molecule has 0 radical (unpaired) electrons. The number of carbonyl (C=O) groups excluding carboxylic acids is 4. The van der Waals surface area contributed by atoms with Crippen LogP contribution in [0.4, 0.5) is 11.4 Å². The van der Waals surface area contributed by atoms with Gasteiger partial charge in [-0.3, -0.25) is 23.7 Å². The van der Waals surface area contributed by atoms with E-state index in [1.807, 2.05) is 30.3 Å². The summed E-state index contributed by atoms with van der Waals surface area (Å²) < 4.78 is 11.6. The molecule has 0 saturated carbocycles. The van der Waals surface area contributed by atoms with E-state index in [9.17, 15) is 24.0 Å². The second-order valence-corrected chi connectivity index (χ2v) is 12.3. The average molecular weight is 630 g/mol. The van der Waals surface area contributed by atoms with Crippen LogP contribution in [0.25, 0.3) is 0 Å². The standard InChI is InChI=1S/C32H27N3O7S2/c1-3-42-31(39)19-9-13-21(14-10-19)35-28(37)25-24(18-7-5-4-6-8-18)27-30(43-26(25)29(35)38)34(32(40)44-27)17-23(36)33-20-11-15-22(41-2)16-12-20/h4-16,24-26H,3,17H2,1-2H3,(H,33,36)/t24-,25?,26?/m1/s1. The number of carbonyl (C=O) groups is 4. The van der Waals surface area contributed by atoms with E-state index in [1.54, 1.807) is 50.4 Å². The Bertz CT molecular complexity index is 1800. The number of aromatic nitrogens is 1. The quantitative estimate of drug-likeness (QED) is 0.223. The van der Waals surface area contributed by atoms with E-state index < -0.39 is 34.9 Å². The molecule has 2 aliphatic rings. The van der Waals surface area contributed by atoms with Gasteiger partial charge in [0.15, 0.2) is 0 Å². The van der Waals surface area contributed by atoms with Crippen molar-refractivity contribution >= 4 is 58.2 Å². The Morgan fingerprint density at radius 3 is 2.27 bits per heavy atom. The highest BCUT2D eigenvalue weighted by Crippen LogP contribution is 2.53. The number of fused-ring (bicyclic) bond motifs is 2. The normalized spacial score (nSPS) is 18.9. The molecule has 4 aromatic rings. The van der Waals surface area contributed by atoms with E-state index in [1.165, 1.54) is 16.7 Å². The summed E-state index contributed by atoms with van der Waals surface area (Å²) in [7, 11) is 1.55. The second-order valence-electron chi connectivity index (χ2n) is 10.1. The number of hydrogen-bond donors (Lipinski definition) is 1. The number of hydrogen-bond acceptors (Lipinski definition) is 9. The molecule has 44 heavy (non-hydrogen) atoms. The summed E-state index contributed by atoms with van der Waals surface area (Å²) >= 11 is 2.13. The third kappa shape index (κ3) is 5.31. The summed E-state index contributed by atoms with van der Waals surface area (Å²) in [6.45, 7) is 1.68. The molecule has 6 rings (SSSR count). The molecule has 1 aromatic heterocycles. The average Bonchev–Trinajstić information content (AvgIpc) is 3.48. The summed E-state index contributed by atoms with van der Waals surface area (Å²) in [5.41, 5.74) is 1.99. The number of esters is 1. The minimum atomic E-state index is -0.824. The first kappa shape index (κ1) is 29.4. The lowest BCUT2D eigenvalue weighted by atomic mass is 9.83. The smallest absolute Gasteiger partial charge is 0.338 e. The van der Waals surface area contributed by atoms with Gasteiger partial charge in [0, 0.05) is 16.5 Å². The van der Waals surface area contributed by atoms with Gasteiger partial charge in [-0.05, 0) is 61.0 Å². The second kappa shape index (κ2) is 12.1. The van der Waals surface area contributed by atoms with Gasteiger partial charge < -0.3 is 14.8 Å². The Morgan fingerprint density at radius 1 is 0.909 bits per heavy atom. The number of benzene rings is 3. The molecule has 0 spiro atoms.